The van der Waals surface area contributed by atoms with Crippen LogP contribution in [0.5, 0.6) is 0 Å². The maximum atomic E-state index is 12.5. The lowest BCUT2D eigenvalue weighted by Crippen LogP contribution is -2.75. The normalized spacial score (nSPS) is 20.4. The van der Waals surface area contributed by atoms with E-state index in [0.29, 0.717) is 0 Å². The number of nitrogen functional groups attached to an aromatic ring is 1. The number of carbonyl (C=O) groups excluding carboxylic acids is 4. The summed E-state index contributed by atoms with van der Waals surface area (Å²) >= 11 is 1.00. The summed E-state index contributed by atoms with van der Waals surface area (Å²) in [7, 11) is -4.11. The van der Waals surface area contributed by atoms with E-state index in [4.69, 9.17) is 10.3 Å². The summed E-state index contributed by atoms with van der Waals surface area (Å²) in [6, 6.07) is -4.76. The number of methoxy groups -OCH3 is 1. The molecule has 13 nitrogen and oxygen atoms in total. The van der Waals surface area contributed by atoms with Gasteiger partial charge in [0.1, 0.15) is 6.04 Å². The third kappa shape index (κ3) is 4.15. The number of rotatable bonds is 6. The minimum atomic E-state index is -5.04. The van der Waals surface area contributed by atoms with Crippen LogP contribution in [0, 0.1) is 0 Å². The molecule has 2 rings (SSSR count). The maximum Gasteiger partial charge on any atom is 0.363 e. The number of carbonyl (C=O) groups is 4. The molecule has 1 saturated heterocycles. The molecule has 0 aliphatic carbocycles. The lowest BCUT2D eigenvalue weighted by molar-refractivity contribution is -0.162. The first kappa shape index (κ1) is 20.5. The van der Waals surface area contributed by atoms with Crippen LogP contribution in [-0.4, -0.2) is 65.1 Å². The topological polar surface area (TPSA) is 198 Å². The number of thiazole rings is 1. The lowest BCUT2D eigenvalue weighted by atomic mass is 9.98. The summed E-state index contributed by atoms with van der Waals surface area (Å²) in [5, 5.41) is 5.98. The lowest BCUT2D eigenvalue weighted by Gasteiger charge is -2.42. The predicted molar refractivity (Wildman–Crippen MR) is 89.2 cm³/mol. The van der Waals surface area contributed by atoms with Gasteiger partial charge in [-0.2, -0.15) is 12.7 Å². The number of amides is 3. The molecule has 5 N–H and O–H groups in total. The molecule has 27 heavy (non-hydrogen) atoms. The fourth-order valence-electron chi connectivity index (χ4n) is 2.36. The highest BCUT2D eigenvalue weighted by Crippen LogP contribution is 2.26. The van der Waals surface area contributed by atoms with E-state index in [1.165, 1.54) is 5.38 Å². The number of anilines is 1. The van der Waals surface area contributed by atoms with Crippen molar-refractivity contribution in [3.05, 3.63) is 11.1 Å². The minimum absolute atomic E-state index is 0.0817. The summed E-state index contributed by atoms with van der Waals surface area (Å²) in [6.07, 6.45) is 0. The Hall–Kier alpha value is -2.78. The number of β-lactam (4-membered cyclic amide) rings is 1. The Morgan fingerprint density at radius 2 is 2.07 bits per heavy atom. The smallest absolute Gasteiger partial charge is 0.363 e. The number of hydrogen-bond acceptors (Lipinski definition) is 10. The standard InChI is InChI=1S/C12H15N5O8S2/c1-4(18)14-6(5-3-26-12(13)15-5)9(19)16-7-8(11(21)25-2)17(10(7)20)27(22,23)24/h3,6-8H,1-2H3,(H2,13,15)(H,14,18)(H,16,19)(H,22,23,24)/t6?,7-,8-/m1/s1. The molecule has 1 aliphatic heterocycles. The quantitative estimate of drug-likeness (QED) is 0.218. The Labute approximate surface area is 156 Å². The highest BCUT2D eigenvalue weighted by Gasteiger charge is 2.58. The Kier molecular flexibility index (Phi) is 5.67. The van der Waals surface area contributed by atoms with Crippen molar-refractivity contribution in [3.8, 4) is 0 Å². The monoisotopic (exact) mass is 421 g/mol. The van der Waals surface area contributed by atoms with Crippen molar-refractivity contribution < 1.29 is 36.9 Å². The third-order valence-electron chi connectivity index (χ3n) is 3.49. The van der Waals surface area contributed by atoms with Gasteiger partial charge in [0.2, 0.25) is 11.8 Å². The number of esters is 1. The molecule has 3 atom stereocenters. The van der Waals surface area contributed by atoms with Gasteiger partial charge in [0.05, 0.1) is 12.8 Å². The van der Waals surface area contributed by atoms with E-state index in [1.54, 1.807) is 0 Å². The summed E-state index contributed by atoms with van der Waals surface area (Å²) in [5.74, 6) is -3.96. The Morgan fingerprint density at radius 3 is 2.52 bits per heavy atom. The minimum Gasteiger partial charge on any atom is -0.467 e. The van der Waals surface area contributed by atoms with Crippen LogP contribution >= 0.6 is 11.3 Å². The Morgan fingerprint density at radius 1 is 1.44 bits per heavy atom. The van der Waals surface area contributed by atoms with Crippen molar-refractivity contribution in [2.75, 3.05) is 12.8 Å². The van der Waals surface area contributed by atoms with E-state index < -0.39 is 52.1 Å². The average molecular weight is 421 g/mol. The van der Waals surface area contributed by atoms with Gasteiger partial charge in [-0.25, -0.2) is 9.78 Å². The molecule has 1 unspecified atom stereocenters. The molecule has 1 fully saturated rings. The Bertz CT molecular complexity index is 897. The van der Waals surface area contributed by atoms with Gasteiger partial charge in [0.25, 0.3) is 5.91 Å². The molecule has 15 heteroatoms. The molecule has 0 aromatic carbocycles. The van der Waals surface area contributed by atoms with Gasteiger partial charge in [0, 0.05) is 12.3 Å². The SMILES string of the molecule is COC(=O)[C@H]1[C@@H](NC(=O)C(NC(C)=O)c2csc(N)n2)C(=O)N1S(=O)(=O)O. The molecule has 3 amide bonds. The molecule has 1 aromatic rings. The summed E-state index contributed by atoms with van der Waals surface area (Å²) in [6.45, 7) is 1.14. The number of hydrogen-bond donors (Lipinski definition) is 4. The summed E-state index contributed by atoms with van der Waals surface area (Å²) < 4.78 is 35.8. The van der Waals surface area contributed by atoms with Crippen LogP contribution in [0.15, 0.2) is 5.38 Å². The predicted octanol–water partition coefficient (Wildman–Crippen LogP) is -2.43. The van der Waals surface area contributed by atoms with Crippen molar-refractivity contribution in [1.29, 1.82) is 0 Å². The van der Waals surface area contributed by atoms with Gasteiger partial charge in [0.15, 0.2) is 17.2 Å². The molecule has 0 bridgehead atoms. The molecule has 0 spiro atoms. The number of nitrogens with two attached hydrogens (primary N) is 1. The molecule has 1 aliphatic rings. The van der Waals surface area contributed by atoms with Crippen molar-refractivity contribution >= 4 is 50.5 Å². The fraction of sp³-hybridized carbons (Fsp3) is 0.417. The van der Waals surface area contributed by atoms with Crippen molar-refractivity contribution in [2.24, 2.45) is 0 Å². The van der Waals surface area contributed by atoms with Gasteiger partial charge in [-0.15, -0.1) is 11.3 Å². The van der Waals surface area contributed by atoms with Crippen LogP contribution in [0.1, 0.15) is 18.7 Å². The molecule has 148 valence electrons. The molecule has 1 aromatic heterocycles. The van der Waals surface area contributed by atoms with Crippen molar-refractivity contribution in [2.45, 2.75) is 25.0 Å². The van der Waals surface area contributed by atoms with Crippen LogP contribution < -0.4 is 16.4 Å². The molecule has 2 heterocycles. The first-order valence-electron chi connectivity index (χ1n) is 7.14. The van der Waals surface area contributed by atoms with Gasteiger partial charge >= 0.3 is 16.3 Å². The van der Waals surface area contributed by atoms with Crippen LogP contribution in [0.4, 0.5) is 5.13 Å². The number of ether oxygens (including phenoxy) is 1. The average Bonchev–Trinajstić information content (AvgIpc) is 2.98. The van der Waals surface area contributed by atoms with E-state index in [2.05, 4.69) is 20.4 Å². The molecule has 0 radical (unpaired) electrons. The van der Waals surface area contributed by atoms with Crippen molar-refractivity contribution in [1.82, 2.24) is 19.9 Å². The van der Waals surface area contributed by atoms with Crippen LogP contribution in [0.25, 0.3) is 0 Å². The van der Waals surface area contributed by atoms with E-state index in [-0.39, 0.29) is 15.1 Å². The molecule has 0 saturated carbocycles. The number of nitrogens with zero attached hydrogens (tertiary/aromatic N) is 2. The second-order valence-corrected chi connectivity index (χ2v) is 7.49. The Balaban J connectivity index is 2.26. The highest BCUT2D eigenvalue weighted by molar-refractivity contribution is 7.84. The van der Waals surface area contributed by atoms with E-state index >= 15 is 0 Å². The zero-order valence-corrected chi connectivity index (χ0v) is 15.5. The first-order chi connectivity index (χ1) is 12.5. The maximum absolute atomic E-state index is 12.5. The summed E-state index contributed by atoms with van der Waals surface area (Å²) in [4.78, 5) is 51.5. The van der Waals surface area contributed by atoms with E-state index in [9.17, 15) is 27.6 Å². The fourth-order valence-corrected chi connectivity index (χ4v) is 3.78. The molecular weight excluding hydrogens is 406 g/mol. The van der Waals surface area contributed by atoms with Crippen LogP contribution in [-0.2, 0) is 34.2 Å². The van der Waals surface area contributed by atoms with Gasteiger partial charge in [-0.3, -0.25) is 18.9 Å². The second kappa shape index (κ2) is 7.45. The van der Waals surface area contributed by atoms with Crippen molar-refractivity contribution in [3.63, 3.8) is 0 Å². The zero-order valence-electron chi connectivity index (χ0n) is 13.9. The zero-order chi connectivity index (χ0) is 20.5. The van der Waals surface area contributed by atoms with Gasteiger partial charge < -0.3 is 21.1 Å². The van der Waals surface area contributed by atoms with E-state index in [0.717, 1.165) is 25.4 Å². The van der Waals surface area contributed by atoms with Crippen LogP contribution in [0.2, 0.25) is 0 Å². The van der Waals surface area contributed by atoms with E-state index in [1.807, 2.05) is 0 Å². The number of nitrogens with one attached hydrogen (secondary N) is 2. The number of aromatic nitrogens is 1. The van der Waals surface area contributed by atoms with Gasteiger partial charge in [-0.05, 0) is 0 Å². The van der Waals surface area contributed by atoms with Gasteiger partial charge in [-0.1, -0.05) is 0 Å². The third-order valence-corrected chi connectivity index (χ3v) is 5.08. The highest BCUT2D eigenvalue weighted by atomic mass is 32.2. The van der Waals surface area contributed by atoms with Crippen LogP contribution in [0.3, 0.4) is 0 Å². The largest absolute Gasteiger partial charge is 0.467 e. The first-order valence-corrected chi connectivity index (χ1v) is 9.42. The molecular formula is C12H15N5O8S2. The second-order valence-electron chi connectivity index (χ2n) is 5.31. The summed E-state index contributed by atoms with van der Waals surface area (Å²) in [5.41, 5.74) is 5.58.